The van der Waals surface area contributed by atoms with Crippen molar-refractivity contribution in [3.63, 3.8) is 0 Å². The van der Waals surface area contributed by atoms with E-state index in [2.05, 4.69) is 31.2 Å². The molecule has 1 aromatic rings. The fourth-order valence-corrected chi connectivity index (χ4v) is 1.57. The van der Waals surface area contributed by atoms with Crippen LogP contribution in [-0.4, -0.2) is 6.54 Å². The van der Waals surface area contributed by atoms with Crippen molar-refractivity contribution in [3.05, 3.63) is 35.4 Å². The van der Waals surface area contributed by atoms with Crippen LogP contribution in [0.15, 0.2) is 24.3 Å². The lowest BCUT2D eigenvalue weighted by atomic mass is 10.00. The molecule has 72 valence electrons. The molecule has 0 atom stereocenters. The molecule has 1 heteroatoms. The Labute approximate surface area is 81.0 Å². The fourth-order valence-electron chi connectivity index (χ4n) is 1.57. The van der Waals surface area contributed by atoms with Gasteiger partial charge in [0.2, 0.25) is 0 Å². The zero-order valence-electron chi connectivity index (χ0n) is 8.42. The van der Waals surface area contributed by atoms with Gasteiger partial charge in [-0.05, 0) is 36.9 Å². The summed E-state index contributed by atoms with van der Waals surface area (Å²) >= 11 is 0. The Bertz CT molecular complexity index is 243. The molecule has 0 bridgehead atoms. The van der Waals surface area contributed by atoms with Crippen LogP contribution in [0.3, 0.4) is 0 Å². The standard InChI is InChI=1S/C12H19N/c1-2-3-6-11-7-4-5-8-12(11)9-10-13/h4-5,7-8H,2-3,6,9-10,13H2,1H3. The van der Waals surface area contributed by atoms with E-state index in [1.165, 1.54) is 30.4 Å². The molecule has 0 aliphatic carbocycles. The van der Waals surface area contributed by atoms with Gasteiger partial charge in [0.15, 0.2) is 0 Å². The monoisotopic (exact) mass is 177 g/mol. The molecule has 0 radical (unpaired) electrons. The minimum absolute atomic E-state index is 0.753. The largest absolute Gasteiger partial charge is 0.330 e. The number of hydrogen-bond donors (Lipinski definition) is 1. The van der Waals surface area contributed by atoms with E-state index in [0.717, 1.165) is 13.0 Å². The maximum absolute atomic E-state index is 5.56. The highest BCUT2D eigenvalue weighted by atomic mass is 14.5. The Kier molecular flexibility index (Phi) is 4.55. The number of aryl methyl sites for hydroxylation is 1. The Morgan fingerprint density at radius 3 is 2.23 bits per heavy atom. The maximum atomic E-state index is 5.56. The van der Waals surface area contributed by atoms with E-state index in [1.807, 2.05) is 0 Å². The average Bonchev–Trinajstić information content (AvgIpc) is 2.17. The van der Waals surface area contributed by atoms with Gasteiger partial charge in [-0.3, -0.25) is 0 Å². The Morgan fingerprint density at radius 2 is 1.69 bits per heavy atom. The highest BCUT2D eigenvalue weighted by Crippen LogP contribution is 2.12. The van der Waals surface area contributed by atoms with Crippen molar-refractivity contribution < 1.29 is 0 Å². The molecular formula is C12H19N. The van der Waals surface area contributed by atoms with E-state index in [9.17, 15) is 0 Å². The van der Waals surface area contributed by atoms with Crippen LogP contribution in [0.25, 0.3) is 0 Å². The maximum Gasteiger partial charge on any atom is -0.00366 e. The molecule has 1 aromatic carbocycles. The van der Waals surface area contributed by atoms with Gasteiger partial charge in [-0.15, -0.1) is 0 Å². The first-order valence-corrected chi connectivity index (χ1v) is 5.15. The van der Waals surface area contributed by atoms with Gasteiger partial charge in [0.1, 0.15) is 0 Å². The minimum Gasteiger partial charge on any atom is -0.330 e. The smallest absolute Gasteiger partial charge is 0.00366 e. The summed E-state index contributed by atoms with van der Waals surface area (Å²) in [5.41, 5.74) is 8.47. The quantitative estimate of drug-likeness (QED) is 0.735. The molecule has 0 aliphatic rings. The van der Waals surface area contributed by atoms with Gasteiger partial charge in [-0.25, -0.2) is 0 Å². The van der Waals surface area contributed by atoms with Crippen LogP contribution in [0, 0.1) is 0 Å². The van der Waals surface area contributed by atoms with Crippen molar-refractivity contribution in [3.8, 4) is 0 Å². The molecule has 0 fully saturated rings. The predicted octanol–water partition coefficient (Wildman–Crippen LogP) is 2.53. The second-order valence-corrected chi connectivity index (χ2v) is 3.41. The Balaban J connectivity index is 2.66. The number of benzene rings is 1. The summed E-state index contributed by atoms with van der Waals surface area (Å²) in [5, 5.41) is 0. The lowest BCUT2D eigenvalue weighted by molar-refractivity contribution is 0.783. The van der Waals surface area contributed by atoms with Crippen LogP contribution in [0.1, 0.15) is 30.9 Å². The number of rotatable bonds is 5. The van der Waals surface area contributed by atoms with Crippen LogP contribution in [0.4, 0.5) is 0 Å². The van der Waals surface area contributed by atoms with Crippen molar-refractivity contribution >= 4 is 0 Å². The Hall–Kier alpha value is -0.820. The lowest BCUT2D eigenvalue weighted by Gasteiger charge is -2.07. The van der Waals surface area contributed by atoms with Crippen molar-refractivity contribution in [1.82, 2.24) is 0 Å². The SMILES string of the molecule is CCCCc1ccccc1CCN. The predicted molar refractivity (Wildman–Crippen MR) is 57.8 cm³/mol. The summed E-state index contributed by atoms with van der Waals surface area (Å²) in [6.07, 6.45) is 4.76. The molecule has 0 unspecified atom stereocenters. The summed E-state index contributed by atoms with van der Waals surface area (Å²) in [6, 6.07) is 8.63. The van der Waals surface area contributed by atoms with Crippen LogP contribution in [0.2, 0.25) is 0 Å². The number of hydrogen-bond acceptors (Lipinski definition) is 1. The first kappa shape index (κ1) is 10.3. The van der Waals surface area contributed by atoms with E-state index in [4.69, 9.17) is 5.73 Å². The molecule has 1 rings (SSSR count). The summed E-state index contributed by atoms with van der Waals surface area (Å²) in [6.45, 7) is 2.98. The van der Waals surface area contributed by atoms with E-state index in [0.29, 0.717) is 0 Å². The van der Waals surface area contributed by atoms with Gasteiger partial charge >= 0.3 is 0 Å². The van der Waals surface area contributed by atoms with Crippen LogP contribution in [0.5, 0.6) is 0 Å². The van der Waals surface area contributed by atoms with Crippen molar-refractivity contribution in [2.24, 2.45) is 5.73 Å². The normalized spacial score (nSPS) is 10.3. The van der Waals surface area contributed by atoms with Crippen LogP contribution in [-0.2, 0) is 12.8 Å². The van der Waals surface area contributed by atoms with Crippen molar-refractivity contribution in [2.75, 3.05) is 6.54 Å². The van der Waals surface area contributed by atoms with Crippen LogP contribution < -0.4 is 5.73 Å². The highest BCUT2D eigenvalue weighted by molar-refractivity contribution is 5.27. The lowest BCUT2D eigenvalue weighted by Crippen LogP contribution is -2.05. The first-order valence-electron chi connectivity index (χ1n) is 5.15. The van der Waals surface area contributed by atoms with Gasteiger partial charge in [0.25, 0.3) is 0 Å². The highest BCUT2D eigenvalue weighted by Gasteiger charge is 1.99. The molecule has 0 amide bonds. The van der Waals surface area contributed by atoms with Gasteiger partial charge in [-0.2, -0.15) is 0 Å². The fraction of sp³-hybridized carbons (Fsp3) is 0.500. The molecule has 0 heterocycles. The van der Waals surface area contributed by atoms with E-state index in [1.54, 1.807) is 0 Å². The second kappa shape index (κ2) is 5.76. The van der Waals surface area contributed by atoms with Gasteiger partial charge in [0.05, 0.1) is 0 Å². The van der Waals surface area contributed by atoms with Crippen molar-refractivity contribution in [2.45, 2.75) is 32.6 Å². The second-order valence-electron chi connectivity index (χ2n) is 3.41. The summed E-state index contributed by atoms with van der Waals surface area (Å²) in [5.74, 6) is 0. The number of unbranched alkanes of at least 4 members (excludes halogenated alkanes) is 1. The van der Waals surface area contributed by atoms with Crippen molar-refractivity contribution in [1.29, 1.82) is 0 Å². The van der Waals surface area contributed by atoms with Crippen LogP contribution >= 0.6 is 0 Å². The van der Waals surface area contributed by atoms with E-state index >= 15 is 0 Å². The third-order valence-electron chi connectivity index (χ3n) is 2.33. The zero-order valence-corrected chi connectivity index (χ0v) is 8.42. The summed E-state index contributed by atoms with van der Waals surface area (Å²) < 4.78 is 0. The molecule has 0 aromatic heterocycles. The molecule has 0 aliphatic heterocycles. The molecule has 0 saturated carbocycles. The molecule has 13 heavy (non-hydrogen) atoms. The average molecular weight is 177 g/mol. The summed E-state index contributed by atoms with van der Waals surface area (Å²) in [4.78, 5) is 0. The first-order chi connectivity index (χ1) is 6.38. The zero-order chi connectivity index (χ0) is 9.52. The third-order valence-corrected chi connectivity index (χ3v) is 2.33. The summed E-state index contributed by atoms with van der Waals surface area (Å²) in [7, 11) is 0. The third kappa shape index (κ3) is 3.19. The van der Waals surface area contributed by atoms with Gasteiger partial charge < -0.3 is 5.73 Å². The van der Waals surface area contributed by atoms with Gasteiger partial charge in [0, 0.05) is 0 Å². The number of nitrogens with two attached hydrogens (primary N) is 1. The molecule has 1 nitrogen and oxygen atoms in total. The molecule has 0 saturated heterocycles. The molecule has 2 N–H and O–H groups in total. The van der Waals surface area contributed by atoms with Gasteiger partial charge in [-0.1, -0.05) is 37.6 Å². The molecular weight excluding hydrogens is 158 g/mol. The minimum atomic E-state index is 0.753. The Morgan fingerprint density at radius 1 is 1.08 bits per heavy atom. The topological polar surface area (TPSA) is 26.0 Å². The molecule has 0 spiro atoms. The van der Waals surface area contributed by atoms with E-state index < -0.39 is 0 Å². The van der Waals surface area contributed by atoms with E-state index in [-0.39, 0.29) is 0 Å².